The normalized spacial score (nSPS) is 15.8. The van der Waals surface area contributed by atoms with E-state index in [-0.39, 0.29) is 6.61 Å². The van der Waals surface area contributed by atoms with E-state index >= 15 is 0 Å². The third-order valence-electron chi connectivity index (χ3n) is 2.00. The summed E-state index contributed by atoms with van der Waals surface area (Å²) in [5, 5.41) is 0. The van der Waals surface area contributed by atoms with Gasteiger partial charge in [0.25, 0.3) is 0 Å². The van der Waals surface area contributed by atoms with Crippen LogP contribution in [0.25, 0.3) is 0 Å². The largest absolute Gasteiger partial charge is 0.329 e. The van der Waals surface area contributed by atoms with E-state index in [0.29, 0.717) is 6.61 Å². The molecule has 0 aliphatic rings. The smallest absolute Gasteiger partial charge is 0.213 e. The summed E-state index contributed by atoms with van der Waals surface area (Å²) in [7, 11) is 0. The molecule has 17 heavy (non-hydrogen) atoms. The Bertz CT molecular complexity index is 246. The van der Waals surface area contributed by atoms with Gasteiger partial charge in [-0.15, -0.1) is 0 Å². The molecule has 0 fully saturated rings. The van der Waals surface area contributed by atoms with Gasteiger partial charge in [0, 0.05) is 6.16 Å². The molecule has 0 saturated heterocycles. The second-order valence-electron chi connectivity index (χ2n) is 3.76. The first kappa shape index (κ1) is 18.4. The molecule has 2 nitrogen and oxygen atoms in total. The summed E-state index contributed by atoms with van der Waals surface area (Å²) in [6, 6.07) is 0. The lowest BCUT2D eigenvalue weighted by molar-refractivity contribution is 0.246. The van der Waals surface area contributed by atoms with Gasteiger partial charge >= 0.3 is 0 Å². The van der Waals surface area contributed by atoms with E-state index in [0.717, 1.165) is 31.8 Å². The fraction of sp³-hybridized carbons (Fsp3) is 1.00. The second kappa shape index (κ2) is 9.36. The molecule has 0 aromatic carbocycles. The number of hydrogen-bond acceptors (Lipinski definition) is 3. The molecule has 0 bridgehead atoms. The molecular weight excluding hydrogens is 322 g/mol. The molecule has 0 heterocycles. The highest BCUT2D eigenvalue weighted by molar-refractivity contribution is 8.09. The van der Waals surface area contributed by atoms with Gasteiger partial charge in [-0.2, -0.15) is 0 Å². The summed E-state index contributed by atoms with van der Waals surface area (Å²) in [6.07, 6.45) is 4.80. The van der Waals surface area contributed by atoms with Crippen molar-refractivity contribution in [3.63, 3.8) is 0 Å². The Labute approximate surface area is 124 Å². The van der Waals surface area contributed by atoms with Crippen LogP contribution in [0.5, 0.6) is 0 Å². The van der Waals surface area contributed by atoms with E-state index in [1.807, 2.05) is 0 Å². The molecule has 7 heteroatoms. The molecule has 0 aromatic heterocycles. The lowest BCUT2D eigenvalue weighted by Gasteiger charge is -2.24. The lowest BCUT2D eigenvalue weighted by atomic mass is 10.4. The first-order valence-corrected chi connectivity index (χ1v) is 9.73. The van der Waals surface area contributed by atoms with Gasteiger partial charge in [-0.1, -0.05) is 61.5 Å². The Hall–Kier alpha value is 1.44. The summed E-state index contributed by atoms with van der Waals surface area (Å²) < 4.78 is 9.82. The van der Waals surface area contributed by atoms with Crippen molar-refractivity contribution in [2.75, 3.05) is 19.4 Å². The predicted molar refractivity (Wildman–Crippen MR) is 81.2 cm³/mol. The molecular formula is C10H20Cl3O2PS. The molecule has 0 aliphatic heterocycles. The molecule has 104 valence electrons. The minimum absolute atomic E-state index is 0.00914. The Morgan fingerprint density at radius 1 is 1.06 bits per heavy atom. The van der Waals surface area contributed by atoms with Crippen molar-refractivity contribution in [3.8, 4) is 0 Å². The summed E-state index contributed by atoms with van der Waals surface area (Å²) in [6.45, 7) is 2.53. The van der Waals surface area contributed by atoms with Crippen LogP contribution in [-0.4, -0.2) is 23.2 Å². The fourth-order valence-corrected chi connectivity index (χ4v) is 4.03. The van der Waals surface area contributed by atoms with Crippen LogP contribution in [0.1, 0.15) is 39.5 Å². The lowest BCUT2D eigenvalue weighted by Crippen LogP contribution is -2.13. The van der Waals surface area contributed by atoms with Crippen LogP contribution in [0.4, 0.5) is 0 Å². The third kappa shape index (κ3) is 11.0. The standard InChI is InChI=1S/C10H20Cl3O2PS/c1-3-5-7-14-16(17,8-6-4-2)15-9-10(11,12)13/h3-9H2,1-2H3. The summed E-state index contributed by atoms with van der Waals surface area (Å²) in [5.41, 5.74) is 0. The van der Waals surface area contributed by atoms with Crippen LogP contribution < -0.4 is 0 Å². The molecule has 0 radical (unpaired) electrons. The molecule has 0 aliphatic carbocycles. The van der Waals surface area contributed by atoms with Crippen LogP contribution in [0.3, 0.4) is 0 Å². The SMILES string of the molecule is CCCCOP(=S)(CCCC)OCC(Cl)(Cl)Cl. The van der Waals surface area contributed by atoms with Gasteiger partial charge in [0.15, 0.2) is 6.49 Å². The summed E-state index contributed by atoms with van der Waals surface area (Å²) >= 11 is 22.4. The molecule has 1 atom stereocenters. The molecule has 0 amide bonds. The maximum atomic E-state index is 5.70. The average Bonchev–Trinajstić information content (AvgIpc) is 2.24. The van der Waals surface area contributed by atoms with Crippen LogP contribution in [0, 0.1) is 0 Å². The summed E-state index contributed by atoms with van der Waals surface area (Å²) in [5.74, 6) is 0. The van der Waals surface area contributed by atoms with E-state index in [1.165, 1.54) is 0 Å². The number of alkyl halides is 3. The Morgan fingerprint density at radius 2 is 1.65 bits per heavy atom. The minimum Gasteiger partial charge on any atom is -0.329 e. The van der Waals surface area contributed by atoms with Gasteiger partial charge in [0.05, 0.1) is 6.61 Å². The fourth-order valence-electron chi connectivity index (χ4n) is 1.04. The molecule has 0 aromatic rings. The Balaban J connectivity index is 4.23. The first-order valence-electron chi connectivity index (χ1n) is 5.78. The van der Waals surface area contributed by atoms with Crippen molar-refractivity contribution in [1.29, 1.82) is 0 Å². The number of unbranched alkanes of at least 4 members (excludes halogenated alkanes) is 2. The second-order valence-corrected chi connectivity index (χ2v) is 10.1. The topological polar surface area (TPSA) is 18.5 Å². The van der Waals surface area contributed by atoms with E-state index in [9.17, 15) is 0 Å². The number of halogens is 3. The Morgan fingerprint density at radius 3 is 2.12 bits per heavy atom. The van der Waals surface area contributed by atoms with Crippen LogP contribution in [-0.2, 0) is 20.9 Å². The van der Waals surface area contributed by atoms with E-state index in [1.54, 1.807) is 0 Å². The van der Waals surface area contributed by atoms with Gasteiger partial charge in [0.1, 0.15) is 6.61 Å². The zero-order chi connectivity index (χ0) is 13.4. The zero-order valence-corrected chi connectivity index (χ0v) is 14.2. The highest BCUT2D eigenvalue weighted by Gasteiger charge is 2.26. The predicted octanol–water partition coefficient (Wildman–Crippen LogP) is 5.30. The minimum atomic E-state index is -2.28. The zero-order valence-electron chi connectivity index (χ0n) is 10.3. The van der Waals surface area contributed by atoms with Crippen molar-refractivity contribution in [2.45, 2.75) is 43.3 Å². The number of rotatable bonds is 9. The van der Waals surface area contributed by atoms with Crippen LogP contribution in [0.15, 0.2) is 0 Å². The number of hydrogen-bond donors (Lipinski definition) is 0. The molecule has 0 N–H and O–H groups in total. The van der Waals surface area contributed by atoms with E-state index < -0.39 is 10.3 Å². The molecule has 0 spiro atoms. The van der Waals surface area contributed by atoms with Crippen molar-refractivity contribution in [3.05, 3.63) is 0 Å². The maximum Gasteiger partial charge on any atom is 0.213 e. The third-order valence-corrected chi connectivity index (χ3v) is 5.47. The quantitative estimate of drug-likeness (QED) is 0.322. The first-order chi connectivity index (χ1) is 7.83. The van der Waals surface area contributed by atoms with Crippen molar-refractivity contribution < 1.29 is 9.05 Å². The molecule has 0 saturated carbocycles. The van der Waals surface area contributed by atoms with Gasteiger partial charge in [-0.25, -0.2) is 0 Å². The van der Waals surface area contributed by atoms with Crippen LogP contribution in [0.2, 0.25) is 0 Å². The molecule has 0 rings (SSSR count). The van der Waals surface area contributed by atoms with Crippen molar-refractivity contribution in [2.24, 2.45) is 0 Å². The van der Waals surface area contributed by atoms with Gasteiger partial charge in [-0.3, -0.25) is 0 Å². The van der Waals surface area contributed by atoms with Gasteiger partial charge in [0.2, 0.25) is 3.79 Å². The van der Waals surface area contributed by atoms with Crippen LogP contribution >= 0.6 is 41.3 Å². The van der Waals surface area contributed by atoms with Gasteiger partial charge < -0.3 is 9.05 Å². The van der Waals surface area contributed by atoms with E-state index in [2.05, 4.69) is 13.8 Å². The van der Waals surface area contributed by atoms with Gasteiger partial charge in [-0.05, 0) is 24.6 Å². The highest BCUT2D eigenvalue weighted by Crippen LogP contribution is 2.51. The molecule has 1 unspecified atom stereocenters. The monoisotopic (exact) mass is 340 g/mol. The Kier molecular flexibility index (Phi) is 10.2. The van der Waals surface area contributed by atoms with Crippen molar-refractivity contribution in [1.82, 2.24) is 0 Å². The highest BCUT2D eigenvalue weighted by atomic mass is 35.6. The summed E-state index contributed by atoms with van der Waals surface area (Å²) in [4.78, 5) is 0. The average molecular weight is 342 g/mol. The van der Waals surface area contributed by atoms with Crippen molar-refractivity contribution >= 4 is 53.1 Å². The maximum absolute atomic E-state index is 5.70. The van der Waals surface area contributed by atoms with E-state index in [4.69, 9.17) is 55.7 Å².